The van der Waals surface area contributed by atoms with E-state index < -0.39 is 5.82 Å². The number of hydrogen-bond acceptors (Lipinski definition) is 5. The number of halogens is 1. The third-order valence-corrected chi connectivity index (χ3v) is 3.79. The van der Waals surface area contributed by atoms with Gasteiger partial charge >= 0.3 is 0 Å². The Labute approximate surface area is 119 Å². The average molecular weight is 289 g/mol. The minimum atomic E-state index is -0.401. The Morgan fingerprint density at radius 1 is 1.25 bits per heavy atom. The fourth-order valence-electron chi connectivity index (χ4n) is 1.97. The molecule has 0 radical (unpaired) electrons. The van der Waals surface area contributed by atoms with Gasteiger partial charge in [0.2, 0.25) is 0 Å². The van der Waals surface area contributed by atoms with Crippen LogP contribution in [0, 0.1) is 5.82 Å². The fourth-order valence-corrected chi connectivity index (χ4v) is 2.73. The number of nitrogens with zero attached hydrogens (tertiary/aromatic N) is 2. The van der Waals surface area contributed by atoms with Crippen LogP contribution in [-0.2, 0) is 0 Å². The Bertz CT molecular complexity index is 772. The van der Waals surface area contributed by atoms with Crippen molar-refractivity contribution in [2.45, 2.75) is 0 Å². The number of fused-ring (bicyclic) bond motifs is 1. The van der Waals surface area contributed by atoms with Crippen LogP contribution < -0.4 is 10.1 Å². The highest BCUT2D eigenvalue weighted by molar-refractivity contribution is 7.16. The molecule has 1 aromatic carbocycles. The largest absolute Gasteiger partial charge is 0.497 e. The number of anilines is 1. The standard InChI is InChI=1S/C14H12FN3OS/c1-16-12-10-5-6-20-14(10)18-13(17-12)9-4-3-8(19-2)7-11(9)15/h3-7H,1-2H3,(H,16,17,18). The summed E-state index contributed by atoms with van der Waals surface area (Å²) in [6.07, 6.45) is 0. The van der Waals surface area contributed by atoms with Crippen molar-refractivity contribution in [2.24, 2.45) is 0 Å². The maximum absolute atomic E-state index is 14.1. The van der Waals surface area contributed by atoms with Gasteiger partial charge in [-0.2, -0.15) is 0 Å². The first-order valence-electron chi connectivity index (χ1n) is 6.00. The summed E-state index contributed by atoms with van der Waals surface area (Å²) >= 11 is 1.50. The molecule has 1 N–H and O–H groups in total. The second-order valence-electron chi connectivity index (χ2n) is 4.13. The van der Waals surface area contributed by atoms with Crippen LogP contribution in [-0.4, -0.2) is 24.1 Å². The number of nitrogens with one attached hydrogen (secondary N) is 1. The van der Waals surface area contributed by atoms with E-state index in [9.17, 15) is 4.39 Å². The molecule has 0 fully saturated rings. The Morgan fingerprint density at radius 2 is 2.10 bits per heavy atom. The maximum atomic E-state index is 14.1. The van der Waals surface area contributed by atoms with Crippen LogP contribution >= 0.6 is 11.3 Å². The molecular formula is C14H12FN3OS. The summed E-state index contributed by atoms with van der Waals surface area (Å²) in [6, 6.07) is 6.60. The normalized spacial score (nSPS) is 10.8. The van der Waals surface area contributed by atoms with Gasteiger partial charge < -0.3 is 10.1 Å². The average Bonchev–Trinajstić information content (AvgIpc) is 2.94. The molecule has 4 nitrogen and oxygen atoms in total. The minimum Gasteiger partial charge on any atom is -0.497 e. The van der Waals surface area contributed by atoms with Crippen LogP contribution in [0.4, 0.5) is 10.2 Å². The molecule has 0 amide bonds. The van der Waals surface area contributed by atoms with E-state index in [2.05, 4.69) is 15.3 Å². The van der Waals surface area contributed by atoms with Gasteiger partial charge in [0.25, 0.3) is 0 Å². The van der Waals surface area contributed by atoms with Gasteiger partial charge in [0.15, 0.2) is 5.82 Å². The van der Waals surface area contributed by atoms with E-state index in [-0.39, 0.29) is 0 Å². The van der Waals surface area contributed by atoms with Crippen molar-refractivity contribution in [1.82, 2.24) is 9.97 Å². The van der Waals surface area contributed by atoms with Crippen molar-refractivity contribution in [2.75, 3.05) is 19.5 Å². The molecule has 0 aliphatic heterocycles. The minimum absolute atomic E-state index is 0.359. The first-order valence-corrected chi connectivity index (χ1v) is 6.88. The van der Waals surface area contributed by atoms with Crippen molar-refractivity contribution < 1.29 is 9.13 Å². The number of thiophene rings is 1. The topological polar surface area (TPSA) is 47.0 Å². The third-order valence-electron chi connectivity index (χ3n) is 2.98. The molecule has 102 valence electrons. The van der Waals surface area contributed by atoms with Crippen LogP contribution in [0.15, 0.2) is 29.6 Å². The highest BCUT2D eigenvalue weighted by Gasteiger charge is 2.13. The van der Waals surface area contributed by atoms with Crippen LogP contribution in [0.1, 0.15) is 0 Å². The lowest BCUT2D eigenvalue weighted by Gasteiger charge is -2.07. The number of rotatable bonds is 3. The number of hydrogen-bond donors (Lipinski definition) is 1. The van der Waals surface area contributed by atoms with Gasteiger partial charge in [-0.25, -0.2) is 14.4 Å². The molecule has 0 spiro atoms. The molecular weight excluding hydrogens is 277 g/mol. The van der Waals surface area contributed by atoms with Crippen LogP contribution in [0.3, 0.4) is 0 Å². The number of aromatic nitrogens is 2. The summed E-state index contributed by atoms with van der Waals surface area (Å²) in [5, 5.41) is 5.90. The molecule has 0 bridgehead atoms. The fraction of sp³-hybridized carbons (Fsp3) is 0.143. The van der Waals surface area contributed by atoms with E-state index in [1.54, 1.807) is 19.2 Å². The van der Waals surface area contributed by atoms with Gasteiger partial charge in [-0.15, -0.1) is 11.3 Å². The van der Waals surface area contributed by atoms with Gasteiger partial charge in [0.1, 0.15) is 22.2 Å². The van der Waals surface area contributed by atoms with Crippen LogP contribution in [0.5, 0.6) is 5.75 Å². The molecule has 2 aromatic heterocycles. The summed E-state index contributed by atoms with van der Waals surface area (Å²) < 4.78 is 19.1. The molecule has 0 aliphatic rings. The van der Waals surface area contributed by atoms with Gasteiger partial charge in [-0.1, -0.05) is 0 Å². The molecule has 3 aromatic rings. The van der Waals surface area contributed by atoms with Crippen LogP contribution in [0.2, 0.25) is 0 Å². The highest BCUT2D eigenvalue weighted by atomic mass is 32.1. The molecule has 0 atom stereocenters. The highest BCUT2D eigenvalue weighted by Crippen LogP contribution is 2.30. The molecule has 2 heterocycles. The predicted molar refractivity (Wildman–Crippen MR) is 78.9 cm³/mol. The molecule has 20 heavy (non-hydrogen) atoms. The zero-order valence-corrected chi connectivity index (χ0v) is 11.8. The van der Waals surface area contributed by atoms with Crippen molar-refractivity contribution in [1.29, 1.82) is 0 Å². The second-order valence-corrected chi connectivity index (χ2v) is 5.03. The predicted octanol–water partition coefficient (Wildman–Crippen LogP) is 3.55. The SMILES string of the molecule is CNc1nc(-c2ccc(OC)cc2F)nc2sccc12. The summed E-state index contributed by atoms with van der Waals surface area (Å²) in [7, 11) is 3.29. The quantitative estimate of drug-likeness (QED) is 0.801. The maximum Gasteiger partial charge on any atom is 0.166 e. The van der Waals surface area contributed by atoms with Crippen molar-refractivity contribution in [3.63, 3.8) is 0 Å². The van der Waals surface area contributed by atoms with E-state index in [0.29, 0.717) is 23.0 Å². The van der Waals surface area contributed by atoms with E-state index in [4.69, 9.17) is 4.74 Å². The van der Waals surface area contributed by atoms with Crippen molar-refractivity contribution in [3.8, 4) is 17.1 Å². The summed E-state index contributed by atoms with van der Waals surface area (Å²) in [4.78, 5) is 9.63. The first kappa shape index (κ1) is 12.8. The summed E-state index contributed by atoms with van der Waals surface area (Å²) in [5.41, 5.74) is 0.359. The monoisotopic (exact) mass is 289 g/mol. The third kappa shape index (κ3) is 2.08. The van der Waals surface area contributed by atoms with Crippen LogP contribution in [0.25, 0.3) is 21.6 Å². The van der Waals surface area contributed by atoms with E-state index in [0.717, 1.165) is 10.2 Å². The number of methoxy groups -OCH3 is 1. The molecule has 0 saturated carbocycles. The van der Waals surface area contributed by atoms with E-state index in [1.165, 1.54) is 24.5 Å². The Morgan fingerprint density at radius 3 is 2.80 bits per heavy atom. The molecule has 0 unspecified atom stereocenters. The number of ether oxygens (including phenoxy) is 1. The first-order chi connectivity index (χ1) is 9.72. The van der Waals surface area contributed by atoms with Crippen molar-refractivity contribution in [3.05, 3.63) is 35.5 Å². The molecule has 3 rings (SSSR count). The second kappa shape index (κ2) is 5.05. The molecule has 6 heteroatoms. The van der Waals surface area contributed by atoms with E-state index >= 15 is 0 Å². The molecule has 0 saturated heterocycles. The van der Waals surface area contributed by atoms with Gasteiger partial charge in [0.05, 0.1) is 18.1 Å². The van der Waals surface area contributed by atoms with Gasteiger partial charge in [-0.3, -0.25) is 0 Å². The van der Waals surface area contributed by atoms with E-state index in [1.807, 2.05) is 11.4 Å². The Balaban J connectivity index is 2.18. The lowest BCUT2D eigenvalue weighted by Crippen LogP contribution is -1.98. The smallest absolute Gasteiger partial charge is 0.166 e. The van der Waals surface area contributed by atoms with Gasteiger partial charge in [0, 0.05) is 13.1 Å². The molecule has 0 aliphatic carbocycles. The zero-order chi connectivity index (χ0) is 14.1. The van der Waals surface area contributed by atoms with Crippen molar-refractivity contribution >= 4 is 27.4 Å². The summed E-state index contributed by atoms with van der Waals surface area (Å²) in [5.74, 6) is 1.13. The Kier molecular flexibility index (Phi) is 3.23. The number of benzene rings is 1. The lowest BCUT2D eigenvalue weighted by molar-refractivity contribution is 0.411. The summed E-state index contributed by atoms with van der Waals surface area (Å²) in [6.45, 7) is 0. The lowest BCUT2D eigenvalue weighted by atomic mass is 10.2. The zero-order valence-electron chi connectivity index (χ0n) is 11.0. The Hall–Kier alpha value is -2.21. The van der Waals surface area contributed by atoms with Gasteiger partial charge in [-0.05, 0) is 23.6 Å².